The molecule has 3 heterocycles. The normalized spacial score (nSPS) is 29.5. The van der Waals surface area contributed by atoms with Crippen molar-refractivity contribution in [2.45, 2.75) is 57.2 Å². The van der Waals surface area contributed by atoms with Crippen LogP contribution < -0.4 is 5.32 Å². The highest BCUT2D eigenvalue weighted by atomic mass is 19.1. The van der Waals surface area contributed by atoms with Crippen molar-refractivity contribution in [2.75, 3.05) is 13.1 Å². The molecular formula is C16H24FN3. The van der Waals surface area contributed by atoms with Gasteiger partial charge in [-0.05, 0) is 57.3 Å². The summed E-state index contributed by atoms with van der Waals surface area (Å²) in [5, 5.41) is 3.64. The fourth-order valence-corrected chi connectivity index (χ4v) is 3.78. The van der Waals surface area contributed by atoms with Crippen molar-refractivity contribution in [3.05, 3.63) is 29.8 Å². The van der Waals surface area contributed by atoms with Crippen molar-refractivity contribution in [3.8, 4) is 0 Å². The Labute approximate surface area is 120 Å². The van der Waals surface area contributed by atoms with Crippen LogP contribution >= 0.6 is 0 Å². The van der Waals surface area contributed by atoms with E-state index in [2.05, 4.69) is 22.1 Å². The van der Waals surface area contributed by atoms with Crippen LogP contribution in [0.15, 0.2) is 18.5 Å². The van der Waals surface area contributed by atoms with Crippen LogP contribution in [0.4, 0.5) is 4.39 Å². The number of rotatable bonds is 3. The molecule has 0 aromatic carbocycles. The average Bonchev–Trinajstić information content (AvgIpc) is 3.00. The van der Waals surface area contributed by atoms with Crippen LogP contribution in [0.3, 0.4) is 0 Å². The molecule has 3 nitrogen and oxygen atoms in total. The maximum Gasteiger partial charge on any atom is 0.141 e. The highest BCUT2D eigenvalue weighted by molar-refractivity contribution is 5.15. The second-order valence-electron chi connectivity index (χ2n) is 6.12. The van der Waals surface area contributed by atoms with Gasteiger partial charge in [0.2, 0.25) is 0 Å². The first-order valence-electron chi connectivity index (χ1n) is 7.85. The molecule has 0 aliphatic carbocycles. The third kappa shape index (κ3) is 2.86. The van der Waals surface area contributed by atoms with Gasteiger partial charge in [-0.1, -0.05) is 6.42 Å². The number of hydrogen-bond donors (Lipinski definition) is 1. The molecule has 110 valence electrons. The van der Waals surface area contributed by atoms with E-state index in [1.54, 1.807) is 6.07 Å². The summed E-state index contributed by atoms with van der Waals surface area (Å²) in [7, 11) is 0. The minimum atomic E-state index is -0.234. The van der Waals surface area contributed by atoms with Gasteiger partial charge in [-0.15, -0.1) is 0 Å². The molecule has 0 saturated carbocycles. The lowest BCUT2D eigenvalue weighted by molar-refractivity contribution is 0.0800. The highest BCUT2D eigenvalue weighted by Gasteiger charge is 2.34. The van der Waals surface area contributed by atoms with Crippen molar-refractivity contribution >= 4 is 0 Å². The summed E-state index contributed by atoms with van der Waals surface area (Å²) >= 11 is 0. The van der Waals surface area contributed by atoms with Crippen LogP contribution in [0.5, 0.6) is 0 Å². The van der Waals surface area contributed by atoms with Crippen LogP contribution in [-0.4, -0.2) is 35.1 Å². The maximum atomic E-state index is 13.4. The molecular weight excluding hydrogens is 253 g/mol. The first-order chi connectivity index (χ1) is 9.75. The van der Waals surface area contributed by atoms with E-state index in [1.807, 2.05) is 6.20 Å². The van der Waals surface area contributed by atoms with Gasteiger partial charge in [-0.2, -0.15) is 0 Å². The summed E-state index contributed by atoms with van der Waals surface area (Å²) in [5.41, 5.74) is 0.995. The quantitative estimate of drug-likeness (QED) is 0.921. The Kier molecular flexibility index (Phi) is 4.32. The summed E-state index contributed by atoms with van der Waals surface area (Å²) in [6.45, 7) is 4.44. The van der Waals surface area contributed by atoms with Crippen molar-refractivity contribution in [2.24, 2.45) is 0 Å². The predicted molar refractivity (Wildman–Crippen MR) is 78.0 cm³/mol. The minimum Gasteiger partial charge on any atom is -0.312 e. The summed E-state index contributed by atoms with van der Waals surface area (Å²) in [5.74, 6) is -0.234. The molecule has 2 fully saturated rings. The van der Waals surface area contributed by atoms with Crippen molar-refractivity contribution in [1.82, 2.24) is 15.2 Å². The van der Waals surface area contributed by atoms with Gasteiger partial charge in [0.1, 0.15) is 5.82 Å². The van der Waals surface area contributed by atoms with Gasteiger partial charge in [0, 0.05) is 24.3 Å². The van der Waals surface area contributed by atoms with E-state index >= 15 is 0 Å². The number of nitrogens with one attached hydrogen (secondary N) is 1. The Hall–Kier alpha value is -1.00. The Balaban J connectivity index is 1.78. The number of nitrogens with zero attached hydrogens (tertiary/aromatic N) is 2. The SMILES string of the molecule is CC(c1cncc(F)c1)N1CCCCC1C1CCCN1. The standard InChI is InChI=1S/C16H24FN3/c1-12(13-9-14(17)11-18-10-13)20-8-3-2-6-16(20)15-5-4-7-19-15/h9-12,15-16,19H,2-8H2,1H3. The number of piperidine rings is 1. The largest absolute Gasteiger partial charge is 0.312 e. The van der Waals surface area contributed by atoms with Gasteiger partial charge >= 0.3 is 0 Å². The van der Waals surface area contributed by atoms with Crippen molar-refractivity contribution in [1.29, 1.82) is 0 Å². The van der Waals surface area contributed by atoms with Crippen LogP contribution in [-0.2, 0) is 0 Å². The minimum absolute atomic E-state index is 0.234. The molecule has 2 aliphatic rings. The number of pyridine rings is 1. The van der Waals surface area contributed by atoms with E-state index in [4.69, 9.17) is 0 Å². The van der Waals surface area contributed by atoms with Gasteiger partial charge < -0.3 is 5.32 Å². The van der Waals surface area contributed by atoms with Crippen molar-refractivity contribution in [3.63, 3.8) is 0 Å². The molecule has 0 bridgehead atoms. The Bertz CT molecular complexity index is 445. The van der Waals surface area contributed by atoms with E-state index in [0.29, 0.717) is 12.1 Å². The molecule has 1 aromatic heterocycles. The van der Waals surface area contributed by atoms with Crippen molar-refractivity contribution < 1.29 is 4.39 Å². The molecule has 3 atom stereocenters. The van der Waals surface area contributed by atoms with Gasteiger partial charge in [0.15, 0.2) is 0 Å². The zero-order valence-corrected chi connectivity index (χ0v) is 12.2. The summed E-state index contributed by atoms with van der Waals surface area (Å²) in [4.78, 5) is 6.56. The first-order valence-corrected chi connectivity index (χ1v) is 7.85. The molecule has 3 unspecified atom stereocenters. The summed E-state index contributed by atoms with van der Waals surface area (Å²) < 4.78 is 13.4. The fraction of sp³-hybridized carbons (Fsp3) is 0.688. The number of aromatic nitrogens is 1. The number of hydrogen-bond acceptors (Lipinski definition) is 3. The molecule has 4 heteroatoms. The van der Waals surface area contributed by atoms with Crippen LogP contribution in [0.2, 0.25) is 0 Å². The lowest BCUT2D eigenvalue weighted by Crippen LogP contribution is -2.50. The first kappa shape index (κ1) is 14.0. The maximum absolute atomic E-state index is 13.4. The second-order valence-corrected chi connectivity index (χ2v) is 6.12. The fourth-order valence-electron chi connectivity index (χ4n) is 3.78. The molecule has 2 aliphatic heterocycles. The predicted octanol–water partition coefficient (Wildman–Crippen LogP) is 2.89. The van der Waals surface area contributed by atoms with Crippen LogP contribution in [0.1, 0.15) is 50.6 Å². The van der Waals surface area contributed by atoms with E-state index in [0.717, 1.165) is 18.7 Å². The molecule has 0 radical (unpaired) electrons. The Morgan fingerprint density at radius 3 is 2.95 bits per heavy atom. The molecule has 2 saturated heterocycles. The Morgan fingerprint density at radius 2 is 2.20 bits per heavy atom. The number of likely N-dealkylation sites (tertiary alicyclic amines) is 1. The van der Waals surface area contributed by atoms with E-state index in [1.165, 1.54) is 38.3 Å². The van der Waals surface area contributed by atoms with E-state index < -0.39 is 0 Å². The van der Waals surface area contributed by atoms with Gasteiger partial charge in [-0.3, -0.25) is 9.88 Å². The molecule has 1 aromatic rings. The van der Waals surface area contributed by atoms with Crippen LogP contribution in [0.25, 0.3) is 0 Å². The summed E-state index contributed by atoms with van der Waals surface area (Å²) in [6.07, 6.45) is 9.46. The van der Waals surface area contributed by atoms with E-state index in [9.17, 15) is 4.39 Å². The number of halogens is 1. The third-order valence-corrected chi connectivity index (χ3v) is 4.86. The molecule has 1 N–H and O–H groups in total. The Morgan fingerprint density at radius 1 is 1.30 bits per heavy atom. The zero-order chi connectivity index (χ0) is 13.9. The lowest BCUT2D eigenvalue weighted by Gasteiger charge is -2.43. The second kappa shape index (κ2) is 6.19. The van der Waals surface area contributed by atoms with Gasteiger partial charge in [0.25, 0.3) is 0 Å². The zero-order valence-electron chi connectivity index (χ0n) is 12.2. The third-order valence-electron chi connectivity index (χ3n) is 4.86. The highest BCUT2D eigenvalue weighted by Crippen LogP contribution is 2.31. The van der Waals surface area contributed by atoms with Crippen LogP contribution in [0, 0.1) is 5.82 Å². The molecule has 20 heavy (non-hydrogen) atoms. The monoisotopic (exact) mass is 277 g/mol. The van der Waals surface area contributed by atoms with Gasteiger partial charge in [0.05, 0.1) is 6.20 Å². The van der Waals surface area contributed by atoms with Gasteiger partial charge in [-0.25, -0.2) is 4.39 Å². The topological polar surface area (TPSA) is 28.2 Å². The molecule has 3 rings (SSSR count). The lowest BCUT2D eigenvalue weighted by atomic mass is 9.92. The molecule has 0 amide bonds. The van der Waals surface area contributed by atoms with E-state index in [-0.39, 0.29) is 11.9 Å². The smallest absolute Gasteiger partial charge is 0.141 e. The average molecular weight is 277 g/mol. The molecule has 0 spiro atoms. The summed E-state index contributed by atoms with van der Waals surface area (Å²) in [6, 6.07) is 3.07.